The number of nitrogens with one attached hydrogen (secondary N) is 2. The summed E-state index contributed by atoms with van der Waals surface area (Å²) in [6.45, 7) is 5.12. The van der Waals surface area contributed by atoms with Crippen LogP contribution in [0.2, 0.25) is 0 Å². The summed E-state index contributed by atoms with van der Waals surface area (Å²) in [6, 6.07) is 7.88. The molecular weight excluding hydrogens is 316 g/mol. The van der Waals surface area contributed by atoms with Gasteiger partial charge in [0.1, 0.15) is 11.4 Å². The highest BCUT2D eigenvalue weighted by atomic mass is 16.5. The molecule has 0 radical (unpaired) electrons. The van der Waals surface area contributed by atoms with E-state index in [0.29, 0.717) is 13.1 Å². The molecule has 0 bridgehead atoms. The van der Waals surface area contributed by atoms with Gasteiger partial charge in [-0.1, -0.05) is 18.2 Å². The molecule has 1 aliphatic heterocycles. The lowest BCUT2D eigenvalue weighted by Gasteiger charge is -2.31. The van der Waals surface area contributed by atoms with Crippen molar-refractivity contribution in [2.45, 2.75) is 51.3 Å². The van der Waals surface area contributed by atoms with Gasteiger partial charge >= 0.3 is 6.03 Å². The molecule has 1 aromatic heterocycles. The number of carbonyl (C=O) groups is 1. The summed E-state index contributed by atoms with van der Waals surface area (Å²) in [5, 5.41) is 10.4. The zero-order valence-corrected chi connectivity index (χ0v) is 14.7. The maximum absolute atomic E-state index is 13.0. The molecule has 0 spiro atoms. The minimum absolute atomic E-state index is 0.00118. The van der Waals surface area contributed by atoms with E-state index in [1.165, 1.54) is 5.56 Å². The number of rotatable bonds is 1. The molecule has 2 N–H and O–H groups in total. The molecule has 1 aromatic carbocycles. The number of aromatic nitrogens is 2. The van der Waals surface area contributed by atoms with Gasteiger partial charge in [0.25, 0.3) is 0 Å². The topological polar surface area (TPSA) is 70.2 Å². The van der Waals surface area contributed by atoms with E-state index in [1.54, 1.807) is 0 Å². The zero-order chi connectivity index (χ0) is 17.4. The second-order valence-electron chi connectivity index (χ2n) is 7.53. The third kappa shape index (κ3) is 3.21. The molecule has 2 amide bonds. The van der Waals surface area contributed by atoms with Crippen molar-refractivity contribution >= 4 is 6.03 Å². The van der Waals surface area contributed by atoms with Crippen LogP contribution in [-0.2, 0) is 13.0 Å². The van der Waals surface area contributed by atoms with Gasteiger partial charge in [-0.05, 0) is 44.7 Å². The predicted molar refractivity (Wildman–Crippen MR) is 94.4 cm³/mol. The molecule has 2 aliphatic rings. The van der Waals surface area contributed by atoms with Crippen molar-refractivity contribution < 1.29 is 9.53 Å². The van der Waals surface area contributed by atoms with Crippen LogP contribution >= 0.6 is 0 Å². The van der Waals surface area contributed by atoms with E-state index in [1.807, 2.05) is 49.2 Å². The van der Waals surface area contributed by atoms with Crippen LogP contribution in [0.5, 0.6) is 5.75 Å². The normalized spacial score (nSPS) is 21.5. The molecule has 0 fully saturated rings. The lowest BCUT2D eigenvalue weighted by molar-refractivity contribution is 0.0799. The van der Waals surface area contributed by atoms with E-state index in [2.05, 4.69) is 15.5 Å². The highest BCUT2D eigenvalue weighted by Crippen LogP contribution is 2.31. The molecule has 0 saturated carbocycles. The second-order valence-corrected chi connectivity index (χ2v) is 7.53. The van der Waals surface area contributed by atoms with E-state index >= 15 is 0 Å². The number of hydrogen-bond donors (Lipinski definition) is 2. The Balaban J connectivity index is 1.54. The first-order valence-corrected chi connectivity index (χ1v) is 8.86. The molecule has 0 unspecified atom stereocenters. The number of hydrogen-bond acceptors (Lipinski definition) is 3. The second kappa shape index (κ2) is 6.10. The molecular formula is C19H24N4O2. The van der Waals surface area contributed by atoms with Crippen LogP contribution in [0.1, 0.15) is 49.6 Å². The molecule has 2 aromatic rings. The fourth-order valence-electron chi connectivity index (χ4n) is 3.78. The van der Waals surface area contributed by atoms with Crippen LogP contribution in [0, 0.1) is 0 Å². The Kier molecular flexibility index (Phi) is 3.90. The first-order chi connectivity index (χ1) is 12.0. The van der Waals surface area contributed by atoms with Gasteiger partial charge in [0.05, 0.1) is 31.0 Å². The molecule has 4 rings (SSSR count). The number of benzene rings is 1. The first kappa shape index (κ1) is 16.0. The third-order valence-electron chi connectivity index (χ3n) is 4.92. The number of aryl methyl sites for hydroxylation is 1. The summed E-state index contributed by atoms with van der Waals surface area (Å²) >= 11 is 0. The van der Waals surface area contributed by atoms with Crippen molar-refractivity contribution in [1.29, 1.82) is 0 Å². The number of carbonyl (C=O) groups excluding carboxylic acids is 1. The Morgan fingerprint density at radius 2 is 2.20 bits per heavy atom. The number of amides is 2. The summed E-state index contributed by atoms with van der Waals surface area (Å²) in [4.78, 5) is 14.8. The van der Waals surface area contributed by atoms with Gasteiger partial charge in [-0.15, -0.1) is 0 Å². The summed E-state index contributed by atoms with van der Waals surface area (Å²) < 4.78 is 6.12. The minimum Gasteiger partial charge on any atom is -0.486 e. The molecule has 1 aliphatic carbocycles. The highest BCUT2D eigenvalue weighted by molar-refractivity contribution is 5.75. The van der Waals surface area contributed by atoms with Crippen molar-refractivity contribution in [2.24, 2.45) is 0 Å². The van der Waals surface area contributed by atoms with Crippen molar-refractivity contribution in [3.8, 4) is 5.75 Å². The molecule has 25 heavy (non-hydrogen) atoms. The lowest BCUT2D eigenvalue weighted by atomic mass is 9.94. The van der Waals surface area contributed by atoms with Crippen LogP contribution in [0.25, 0.3) is 0 Å². The van der Waals surface area contributed by atoms with Gasteiger partial charge in [-0.25, -0.2) is 4.79 Å². The number of nitrogens with zero attached hydrogens (tertiary/aromatic N) is 2. The Labute approximate surface area is 147 Å². The SMILES string of the molecule is CC1(C)CN(C(=O)N[C@@H]2CCCc3cn[nH]c32)Cc2ccccc2O1. The smallest absolute Gasteiger partial charge is 0.318 e. The summed E-state index contributed by atoms with van der Waals surface area (Å²) in [7, 11) is 0. The van der Waals surface area contributed by atoms with E-state index in [9.17, 15) is 4.79 Å². The molecule has 0 saturated heterocycles. The fourth-order valence-corrected chi connectivity index (χ4v) is 3.78. The van der Waals surface area contributed by atoms with Crippen LogP contribution < -0.4 is 10.1 Å². The monoisotopic (exact) mass is 340 g/mol. The molecule has 2 heterocycles. The summed E-state index contributed by atoms with van der Waals surface area (Å²) in [5.41, 5.74) is 2.86. The lowest BCUT2D eigenvalue weighted by Crippen LogP contribution is -2.48. The number of fused-ring (bicyclic) bond motifs is 2. The van der Waals surface area contributed by atoms with Crippen LogP contribution in [0.15, 0.2) is 30.5 Å². The number of urea groups is 1. The third-order valence-corrected chi connectivity index (χ3v) is 4.92. The zero-order valence-electron chi connectivity index (χ0n) is 14.7. The molecule has 6 nitrogen and oxygen atoms in total. The average Bonchev–Trinajstić information content (AvgIpc) is 2.99. The number of para-hydroxylation sites is 1. The highest BCUT2D eigenvalue weighted by Gasteiger charge is 2.33. The maximum Gasteiger partial charge on any atom is 0.318 e. The standard InChI is InChI=1S/C19H24N4O2/c1-19(2)12-23(11-14-6-3-4-9-16(14)25-19)18(24)21-15-8-5-7-13-10-20-22-17(13)15/h3-4,6,9-10,15H,5,7-8,11-12H2,1-2H3,(H,20,22)(H,21,24)/t15-/m1/s1. The number of aromatic amines is 1. The van der Waals surface area contributed by atoms with Gasteiger partial charge in [0.2, 0.25) is 0 Å². The Morgan fingerprint density at radius 3 is 3.08 bits per heavy atom. The predicted octanol–water partition coefficient (Wildman–Crippen LogP) is 3.17. The van der Waals surface area contributed by atoms with E-state index in [-0.39, 0.29) is 12.1 Å². The molecule has 132 valence electrons. The summed E-state index contributed by atoms with van der Waals surface area (Å²) in [6.07, 6.45) is 4.89. The first-order valence-electron chi connectivity index (χ1n) is 8.86. The maximum atomic E-state index is 13.0. The Bertz CT molecular complexity index is 783. The number of ether oxygens (including phenoxy) is 1. The van der Waals surface area contributed by atoms with Crippen molar-refractivity contribution in [3.05, 3.63) is 47.3 Å². The van der Waals surface area contributed by atoms with Crippen LogP contribution in [-0.4, -0.2) is 33.3 Å². The van der Waals surface area contributed by atoms with Gasteiger partial charge in [-0.3, -0.25) is 5.10 Å². The van der Waals surface area contributed by atoms with Crippen molar-refractivity contribution in [2.75, 3.05) is 6.54 Å². The Hall–Kier alpha value is -2.50. The quantitative estimate of drug-likeness (QED) is 0.838. The van der Waals surface area contributed by atoms with Crippen molar-refractivity contribution in [1.82, 2.24) is 20.4 Å². The van der Waals surface area contributed by atoms with Crippen molar-refractivity contribution in [3.63, 3.8) is 0 Å². The largest absolute Gasteiger partial charge is 0.486 e. The molecule has 6 heteroatoms. The van der Waals surface area contributed by atoms with E-state index in [0.717, 1.165) is 36.3 Å². The van der Waals surface area contributed by atoms with Gasteiger partial charge in [0.15, 0.2) is 0 Å². The summed E-state index contributed by atoms with van der Waals surface area (Å²) in [5.74, 6) is 0.858. The van der Waals surface area contributed by atoms with Gasteiger partial charge in [0, 0.05) is 5.56 Å². The molecule has 1 atom stereocenters. The average molecular weight is 340 g/mol. The van der Waals surface area contributed by atoms with Crippen LogP contribution in [0.3, 0.4) is 0 Å². The van der Waals surface area contributed by atoms with E-state index < -0.39 is 5.60 Å². The van der Waals surface area contributed by atoms with E-state index in [4.69, 9.17) is 4.74 Å². The minimum atomic E-state index is -0.435. The van der Waals surface area contributed by atoms with Gasteiger partial charge < -0.3 is 15.0 Å². The fraction of sp³-hybridized carbons (Fsp3) is 0.474. The van der Waals surface area contributed by atoms with Gasteiger partial charge in [-0.2, -0.15) is 5.10 Å². The Morgan fingerprint density at radius 1 is 1.36 bits per heavy atom. The number of H-pyrrole nitrogens is 1. The van der Waals surface area contributed by atoms with Crippen LogP contribution in [0.4, 0.5) is 4.79 Å².